The van der Waals surface area contributed by atoms with E-state index in [1.807, 2.05) is 32.0 Å². The van der Waals surface area contributed by atoms with Crippen molar-refractivity contribution in [2.24, 2.45) is 5.92 Å². The van der Waals surface area contributed by atoms with Crippen LogP contribution in [0.2, 0.25) is 0 Å². The van der Waals surface area contributed by atoms with E-state index in [-0.39, 0.29) is 5.92 Å². The van der Waals surface area contributed by atoms with Crippen LogP contribution in [0.4, 0.5) is 0 Å². The van der Waals surface area contributed by atoms with Gasteiger partial charge in [-0.15, -0.1) is 0 Å². The predicted molar refractivity (Wildman–Crippen MR) is 75.2 cm³/mol. The van der Waals surface area contributed by atoms with Crippen molar-refractivity contribution < 1.29 is 9.53 Å². The number of benzene rings is 1. The molecule has 0 N–H and O–H groups in total. The molecule has 0 fully saturated rings. The van der Waals surface area contributed by atoms with Crippen LogP contribution >= 0.6 is 0 Å². The summed E-state index contributed by atoms with van der Waals surface area (Å²) in [6, 6.07) is 6.03. The lowest BCUT2D eigenvalue weighted by Crippen LogP contribution is -2.18. The first-order chi connectivity index (χ1) is 8.51. The quantitative estimate of drug-likeness (QED) is 0.757. The minimum atomic E-state index is 0.00526. The highest BCUT2D eigenvalue weighted by molar-refractivity contribution is 5.86. The van der Waals surface area contributed by atoms with Crippen LogP contribution in [0.3, 0.4) is 0 Å². The molecule has 2 heteroatoms. The van der Waals surface area contributed by atoms with Gasteiger partial charge in [0.15, 0.2) is 0 Å². The molecule has 2 nitrogen and oxygen atoms in total. The molecule has 0 aliphatic rings. The van der Waals surface area contributed by atoms with E-state index in [1.54, 1.807) is 0 Å². The van der Waals surface area contributed by atoms with Crippen LogP contribution in [0, 0.1) is 12.8 Å². The number of ketones is 1. The smallest absolute Gasteiger partial charge is 0.140 e. The number of Topliss-reactive ketones (excluding diaryl/α,β-unsaturated/α-hetero) is 1. The van der Waals surface area contributed by atoms with Crippen molar-refractivity contribution >= 4 is 5.78 Å². The van der Waals surface area contributed by atoms with Crippen LogP contribution < -0.4 is 4.74 Å². The van der Waals surface area contributed by atoms with Crippen molar-refractivity contribution in [3.05, 3.63) is 29.3 Å². The molecule has 100 valence electrons. The van der Waals surface area contributed by atoms with Gasteiger partial charge in [-0.2, -0.15) is 0 Å². The Morgan fingerprint density at radius 1 is 1.28 bits per heavy atom. The first kappa shape index (κ1) is 14.7. The van der Waals surface area contributed by atoms with Gasteiger partial charge in [-0.05, 0) is 43.0 Å². The standard InChI is InChI=1S/C16H24O2/c1-6-15(17)16(11(3)4)14-9-8-13(18-7-2)10-12(14)5/h8-11,16H,6-7H2,1-5H3. The van der Waals surface area contributed by atoms with Crippen LogP contribution in [0.1, 0.15) is 51.2 Å². The Hall–Kier alpha value is -1.31. The van der Waals surface area contributed by atoms with Crippen molar-refractivity contribution in [3.63, 3.8) is 0 Å². The van der Waals surface area contributed by atoms with Gasteiger partial charge in [-0.1, -0.05) is 26.8 Å². The summed E-state index contributed by atoms with van der Waals surface area (Å²) in [6.45, 7) is 10.8. The van der Waals surface area contributed by atoms with Gasteiger partial charge < -0.3 is 4.74 Å². The van der Waals surface area contributed by atoms with E-state index in [1.165, 1.54) is 0 Å². The van der Waals surface area contributed by atoms with E-state index in [0.29, 0.717) is 24.7 Å². The molecule has 18 heavy (non-hydrogen) atoms. The van der Waals surface area contributed by atoms with E-state index >= 15 is 0 Å². The molecule has 1 aromatic carbocycles. The topological polar surface area (TPSA) is 26.3 Å². The van der Waals surface area contributed by atoms with Gasteiger partial charge in [0.2, 0.25) is 0 Å². The van der Waals surface area contributed by atoms with Gasteiger partial charge in [-0.3, -0.25) is 4.79 Å². The second kappa shape index (κ2) is 6.58. The molecule has 0 aromatic heterocycles. The molecule has 0 aliphatic heterocycles. The third kappa shape index (κ3) is 3.34. The Labute approximate surface area is 110 Å². The van der Waals surface area contributed by atoms with Crippen LogP contribution in [-0.2, 0) is 4.79 Å². The molecular formula is C16H24O2. The highest BCUT2D eigenvalue weighted by Crippen LogP contribution is 2.31. The molecule has 1 rings (SSSR count). The highest BCUT2D eigenvalue weighted by atomic mass is 16.5. The molecule has 0 saturated heterocycles. The lowest BCUT2D eigenvalue weighted by Gasteiger charge is -2.22. The summed E-state index contributed by atoms with van der Waals surface area (Å²) in [7, 11) is 0. The molecule has 1 unspecified atom stereocenters. The van der Waals surface area contributed by atoms with E-state index in [2.05, 4.69) is 20.8 Å². The van der Waals surface area contributed by atoms with Crippen molar-refractivity contribution in [2.45, 2.75) is 47.0 Å². The Morgan fingerprint density at radius 3 is 2.39 bits per heavy atom. The summed E-state index contributed by atoms with van der Waals surface area (Å²) >= 11 is 0. The van der Waals surface area contributed by atoms with Gasteiger partial charge >= 0.3 is 0 Å². The Balaban J connectivity index is 3.09. The zero-order valence-corrected chi connectivity index (χ0v) is 12.1. The highest BCUT2D eigenvalue weighted by Gasteiger charge is 2.24. The summed E-state index contributed by atoms with van der Waals surface area (Å²) in [5.74, 6) is 1.53. The molecule has 0 radical (unpaired) electrons. The number of aryl methyl sites for hydroxylation is 1. The Bertz CT molecular complexity index is 408. The summed E-state index contributed by atoms with van der Waals surface area (Å²) in [6.07, 6.45) is 0.593. The molecule has 0 saturated carbocycles. The van der Waals surface area contributed by atoms with Crippen LogP contribution in [0.15, 0.2) is 18.2 Å². The number of carbonyl (C=O) groups excluding carboxylic acids is 1. The average Bonchev–Trinajstić information content (AvgIpc) is 2.32. The predicted octanol–water partition coefficient (Wildman–Crippen LogP) is 4.11. The molecular weight excluding hydrogens is 224 g/mol. The number of hydrogen-bond donors (Lipinski definition) is 0. The monoisotopic (exact) mass is 248 g/mol. The van der Waals surface area contributed by atoms with E-state index in [4.69, 9.17) is 4.74 Å². The maximum Gasteiger partial charge on any atom is 0.140 e. The maximum absolute atomic E-state index is 12.1. The zero-order valence-electron chi connectivity index (χ0n) is 12.1. The third-order valence-corrected chi connectivity index (χ3v) is 3.25. The Morgan fingerprint density at radius 2 is 1.94 bits per heavy atom. The molecule has 1 atom stereocenters. The normalized spacial score (nSPS) is 12.6. The molecule has 0 amide bonds. The van der Waals surface area contributed by atoms with E-state index in [9.17, 15) is 4.79 Å². The fraction of sp³-hybridized carbons (Fsp3) is 0.562. The number of hydrogen-bond acceptors (Lipinski definition) is 2. The van der Waals surface area contributed by atoms with Crippen LogP contribution in [0.25, 0.3) is 0 Å². The SMILES string of the molecule is CCOc1ccc(C(C(=O)CC)C(C)C)c(C)c1. The number of carbonyl (C=O) groups is 1. The van der Waals surface area contributed by atoms with Gasteiger partial charge in [0.1, 0.15) is 11.5 Å². The number of ether oxygens (including phenoxy) is 1. The summed E-state index contributed by atoms with van der Waals surface area (Å²) < 4.78 is 5.48. The van der Waals surface area contributed by atoms with Crippen molar-refractivity contribution in [2.75, 3.05) is 6.61 Å². The summed E-state index contributed by atoms with van der Waals surface area (Å²) in [5.41, 5.74) is 2.28. The first-order valence-electron chi connectivity index (χ1n) is 6.77. The lowest BCUT2D eigenvalue weighted by molar-refractivity contribution is -0.121. The van der Waals surface area contributed by atoms with Gasteiger partial charge in [0, 0.05) is 12.3 Å². The lowest BCUT2D eigenvalue weighted by atomic mass is 9.82. The maximum atomic E-state index is 12.1. The minimum Gasteiger partial charge on any atom is -0.494 e. The largest absolute Gasteiger partial charge is 0.494 e. The second-order valence-electron chi connectivity index (χ2n) is 4.99. The molecule has 0 aliphatic carbocycles. The average molecular weight is 248 g/mol. The number of rotatable bonds is 6. The molecule has 0 spiro atoms. The molecule has 1 aromatic rings. The van der Waals surface area contributed by atoms with Gasteiger partial charge in [0.25, 0.3) is 0 Å². The third-order valence-electron chi connectivity index (χ3n) is 3.25. The molecule has 0 bridgehead atoms. The first-order valence-corrected chi connectivity index (χ1v) is 6.77. The minimum absolute atomic E-state index is 0.00526. The summed E-state index contributed by atoms with van der Waals surface area (Å²) in [5, 5.41) is 0. The van der Waals surface area contributed by atoms with Gasteiger partial charge in [0.05, 0.1) is 6.61 Å². The zero-order chi connectivity index (χ0) is 13.7. The molecule has 0 heterocycles. The van der Waals surface area contributed by atoms with Crippen LogP contribution in [-0.4, -0.2) is 12.4 Å². The fourth-order valence-electron chi connectivity index (χ4n) is 2.38. The van der Waals surface area contributed by atoms with E-state index < -0.39 is 0 Å². The summed E-state index contributed by atoms with van der Waals surface area (Å²) in [4.78, 5) is 12.1. The van der Waals surface area contributed by atoms with Crippen molar-refractivity contribution in [1.29, 1.82) is 0 Å². The fourth-order valence-corrected chi connectivity index (χ4v) is 2.38. The van der Waals surface area contributed by atoms with Crippen molar-refractivity contribution in [1.82, 2.24) is 0 Å². The van der Waals surface area contributed by atoms with E-state index in [0.717, 1.165) is 16.9 Å². The van der Waals surface area contributed by atoms with Gasteiger partial charge in [-0.25, -0.2) is 0 Å². The second-order valence-corrected chi connectivity index (χ2v) is 4.99. The Kier molecular flexibility index (Phi) is 5.39. The van der Waals surface area contributed by atoms with Crippen molar-refractivity contribution in [3.8, 4) is 5.75 Å². The van der Waals surface area contributed by atoms with Crippen LogP contribution in [0.5, 0.6) is 5.75 Å².